The molecule has 3 nitrogen and oxygen atoms in total. The predicted octanol–water partition coefficient (Wildman–Crippen LogP) is 3.20. The SMILES string of the molecule is CCCCCc1nc[nH]c1-c1ccccn1. The molecule has 0 atom stereocenters. The summed E-state index contributed by atoms with van der Waals surface area (Å²) in [6.45, 7) is 2.21. The molecule has 2 heterocycles. The Bertz CT molecular complexity index is 420. The molecule has 1 N–H and O–H groups in total. The molecule has 0 unspecified atom stereocenters. The van der Waals surface area contributed by atoms with Gasteiger partial charge in [-0.25, -0.2) is 4.98 Å². The fourth-order valence-corrected chi connectivity index (χ4v) is 1.79. The standard InChI is InChI=1S/C13H17N3/c1-2-3-4-7-12-13(16-10-15-12)11-8-5-6-9-14-11/h5-6,8-10H,2-4,7H2,1H3,(H,15,16). The molecule has 16 heavy (non-hydrogen) atoms. The number of aromatic amines is 1. The van der Waals surface area contributed by atoms with Crippen LogP contribution in [0.1, 0.15) is 31.9 Å². The molecule has 3 heteroatoms. The maximum atomic E-state index is 4.37. The van der Waals surface area contributed by atoms with Crippen LogP contribution in [0.2, 0.25) is 0 Å². The lowest BCUT2D eigenvalue weighted by atomic mass is 10.1. The van der Waals surface area contributed by atoms with Crippen LogP contribution < -0.4 is 0 Å². The Labute approximate surface area is 96.0 Å². The van der Waals surface area contributed by atoms with Gasteiger partial charge in [0, 0.05) is 6.20 Å². The summed E-state index contributed by atoms with van der Waals surface area (Å²) >= 11 is 0. The van der Waals surface area contributed by atoms with Gasteiger partial charge in [0.1, 0.15) is 0 Å². The molecule has 0 saturated carbocycles. The van der Waals surface area contributed by atoms with Gasteiger partial charge in [0.25, 0.3) is 0 Å². The van der Waals surface area contributed by atoms with E-state index in [0.717, 1.165) is 23.5 Å². The molecule has 2 aromatic heterocycles. The maximum absolute atomic E-state index is 4.37. The first-order valence-electron chi connectivity index (χ1n) is 5.85. The second-order valence-corrected chi connectivity index (χ2v) is 3.90. The molecule has 84 valence electrons. The van der Waals surface area contributed by atoms with Crippen molar-refractivity contribution in [3.05, 3.63) is 36.4 Å². The number of hydrogen-bond donors (Lipinski definition) is 1. The number of nitrogens with zero attached hydrogens (tertiary/aromatic N) is 2. The Kier molecular flexibility index (Phi) is 3.70. The Morgan fingerprint density at radius 3 is 2.88 bits per heavy atom. The second kappa shape index (κ2) is 5.45. The molecular weight excluding hydrogens is 198 g/mol. The van der Waals surface area contributed by atoms with Crippen molar-refractivity contribution in [3.8, 4) is 11.4 Å². The molecule has 0 aromatic carbocycles. The first kappa shape index (κ1) is 10.9. The first-order chi connectivity index (χ1) is 7.92. The second-order valence-electron chi connectivity index (χ2n) is 3.90. The number of unbranched alkanes of at least 4 members (excludes halogenated alkanes) is 2. The fraction of sp³-hybridized carbons (Fsp3) is 0.385. The largest absolute Gasteiger partial charge is 0.343 e. The highest BCUT2D eigenvalue weighted by Crippen LogP contribution is 2.19. The van der Waals surface area contributed by atoms with Gasteiger partial charge in [-0.1, -0.05) is 25.8 Å². The zero-order valence-corrected chi connectivity index (χ0v) is 9.61. The van der Waals surface area contributed by atoms with E-state index in [0.29, 0.717) is 0 Å². The highest BCUT2D eigenvalue weighted by molar-refractivity contribution is 5.56. The zero-order valence-electron chi connectivity index (χ0n) is 9.61. The first-order valence-corrected chi connectivity index (χ1v) is 5.85. The molecule has 0 aliphatic heterocycles. The summed E-state index contributed by atoms with van der Waals surface area (Å²) in [7, 11) is 0. The summed E-state index contributed by atoms with van der Waals surface area (Å²) in [4.78, 5) is 11.9. The molecule has 0 amide bonds. The minimum atomic E-state index is 0.978. The predicted molar refractivity (Wildman–Crippen MR) is 65.0 cm³/mol. The van der Waals surface area contributed by atoms with Crippen LogP contribution in [0.5, 0.6) is 0 Å². The maximum Gasteiger partial charge on any atom is 0.0928 e. The van der Waals surface area contributed by atoms with Gasteiger partial charge in [-0.05, 0) is 25.0 Å². The topological polar surface area (TPSA) is 41.6 Å². The average molecular weight is 215 g/mol. The van der Waals surface area contributed by atoms with E-state index in [1.165, 1.54) is 19.3 Å². The lowest BCUT2D eigenvalue weighted by Crippen LogP contribution is -1.91. The molecule has 0 radical (unpaired) electrons. The van der Waals surface area contributed by atoms with Crippen LogP contribution >= 0.6 is 0 Å². The van der Waals surface area contributed by atoms with Gasteiger partial charge >= 0.3 is 0 Å². The van der Waals surface area contributed by atoms with Crippen LogP contribution in [-0.2, 0) is 6.42 Å². The Balaban J connectivity index is 2.13. The molecule has 0 aliphatic rings. The van der Waals surface area contributed by atoms with Crippen LogP contribution in [0, 0.1) is 0 Å². The summed E-state index contributed by atoms with van der Waals surface area (Å²) in [6, 6.07) is 5.94. The number of nitrogens with one attached hydrogen (secondary N) is 1. The van der Waals surface area contributed by atoms with Crippen molar-refractivity contribution in [1.82, 2.24) is 15.0 Å². The molecular formula is C13H17N3. The van der Waals surface area contributed by atoms with Crippen molar-refractivity contribution in [2.45, 2.75) is 32.6 Å². The molecule has 2 rings (SSSR count). The summed E-state index contributed by atoms with van der Waals surface area (Å²) in [5.74, 6) is 0. The Morgan fingerprint density at radius 1 is 1.19 bits per heavy atom. The molecule has 0 saturated heterocycles. The smallest absolute Gasteiger partial charge is 0.0928 e. The minimum absolute atomic E-state index is 0.978. The van der Waals surface area contributed by atoms with Crippen LogP contribution in [0.4, 0.5) is 0 Å². The third kappa shape index (κ3) is 2.48. The van der Waals surface area contributed by atoms with E-state index in [9.17, 15) is 0 Å². The normalized spacial score (nSPS) is 10.6. The molecule has 0 bridgehead atoms. The third-order valence-electron chi connectivity index (χ3n) is 2.66. The van der Waals surface area contributed by atoms with Crippen molar-refractivity contribution in [3.63, 3.8) is 0 Å². The quantitative estimate of drug-likeness (QED) is 0.778. The van der Waals surface area contributed by atoms with Crippen LogP contribution in [0.15, 0.2) is 30.7 Å². The molecule has 0 aliphatic carbocycles. The van der Waals surface area contributed by atoms with E-state index >= 15 is 0 Å². The zero-order chi connectivity index (χ0) is 11.2. The summed E-state index contributed by atoms with van der Waals surface area (Å²) in [5.41, 5.74) is 3.18. The van der Waals surface area contributed by atoms with Crippen LogP contribution in [0.3, 0.4) is 0 Å². The summed E-state index contributed by atoms with van der Waals surface area (Å²) < 4.78 is 0. The lowest BCUT2D eigenvalue weighted by molar-refractivity contribution is 0.710. The van der Waals surface area contributed by atoms with E-state index in [1.54, 1.807) is 6.33 Å². The van der Waals surface area contributed by atoms with Gasteiger partial charge in [0.05, 0.1) is 23.4 Å². The van der Waals surface area contributed by atoms with Gasteiger partial charge < -0.3 is 4.98 Å². The van der Waals surface area contributed by atoms with Crippen molar-refractivity contribution in [2.75, 3.05) is 0 Å². The van der Waals surface area contributed by atoms with Gasteiger partial charge in [-0.2, -0.15) is 0 Å². The van der Waals surface area contributed by atoms with Crippen molar-refractivity contribution in [1.29, 1.82) is 0 Å². The average Bonchev–Trinajstić information content (AvgIpc) is 2.79. The Morgan fingerprint density at radius 2 is 2.12 bits per heavy atom. The Hall–Kier alpha value is -1.64. The number of H-pyrrole nitrogens is 1. The number of rotatable bonds is 5. The van der Waals surface area contributed by atoms with Gasteiger partial charge in [-0.3, -0.25) is 4.98 Å². The molecule has 0 fully saturated rings. The number of imidazole rings is 1. The van der Waals surface area contributed by atoms with Gasteiger partial charge in [0.15, 0.2) is 0 Å². The molecule has 0 spiro atoms. The van der Waals surface area contributed by atoms with Crippen molar-refractivity contribution >= 4 is 0 Å². The highest BCUT2D eigenvalue weighted by Gasteiger charge is 2.07. The number of pyridine rings is 1. The number of aromatic nitrogens is 3. The summed E-state index contributed by atoms with van der Waals surface area (Å²) in [5, 5.41) is 0. The molecule has 2 aromatic rings. The fourth-order valence-electron chi connectivity index (χ4n) is 1.79. The van der Waals surface area contributed by atoms with E-state index in [-0.39, 0.29) is 0 Å². The minimum Gasteiger partial charge on any atom is -0.343 e. The lowest BCUT2D eigenvalue weighted by Gasteiger charge is -2.01. The van der Waals surface area contributed by atoms with E-state index in [2.05, 4.69) is 21.9 Å². The van der Waals surface area contributed by atoms with Gasteiger partial charge in [-0.15, -0.1) is 0 Å². The third-order valence-corrected chi connectivity index (χ3v) is 2.66. The van der Waals surface area contributed by atoms with E-state index in [1.807, 2.05) is 24.4 Å². The van der Waals surface area contributed by atoms with Crippen LogP contribution in [0.25, 0.3) is 11.4 Å². The van der Waals surface area contributed by atoms with Gasteiger partial charge in [0.2, 0.25) is 0 Å². The summed E-state index contributed by atoms with van der Waals surface area (Å²) in [6.07, 6.45) is 8.29. The van der Waals surface area contributed by atoms with E-state index in [4.69, 9.17) is 0 Å². The van der Waals surface area contributed by atoms with Crippen LogP contribution in [-0.4, -0.2) is 15.0 Å². The van der Waals surface area contributed by atoms with E-state index < -0.39 is 0 Å². The number of aryl methyl sites for hydroxylation is 1. The number of hydrogen-bond acceptors (Lipinski definition) is 2. The van der Waals surface area contributed by atoms with Crippen molar-refractivity contribution in [2.24, 2.45) is 0 Å². The highest BCUT2D eigenvalue weighted by atomic mass is 14.9. The van der Waals surface area contributed by atoms with Crippen molar-refractivity contribution < 1.29 is 0 Å². The monoisotopic (exact) mass is 215 g/mol.